The second-order valence-electron chi connectivity index (χ2n) is 5.44. The van der Waals surface area contributed by atoms with Crippen molar-refractivity contribution in [3.63, 3.8) is 0 Å². The molecule has 0 atom stereocenters. The lowest BCUT2D eigenvalue weighted by Gasteiger charge is -2.12. The van der Waals surface area contributed by atoms with Gasteiger partial charge in [0.05, 0.1) is 17.9 Å². The number of amides is 1. The fourth-order valence-corrected chi connectivity index (χ4v) is 2.47. The van der Waals surface area contributed by atoms with Crippen molar-refractivity contribution in [3.05, 3.63) is 66.0 Å². The summed E-state index contributed by atoms with van der Waals surface area (Å²) >= 11 is 0. The van der Waals surface area contributed by atoms with E-state index in [1.807, 2.05) is 43.3 Å². The number of nitrogens with zero attached hydrogens (tertiary/aromatic N) is 3. The maximum Gasteiger partial charge on any atom is 0.255 e. The quantitative estimate of drug-likeness (QED) is 0.708. The number of hydrogen-bond acceptors (Lipinski definition) is 6. The van der Waals surface area contributed by atoms with Crippen LogP contribution in [0, 0.1) is 0 Å². The molecule has 3 N–H and O–H groups in total. The molecule has 0 aliphatic rings. The summed E-state index contributed by atoms with van der Waals surface area (Å²) in [6.07, 6.45) is 3.09. The van der Waals surface area contributed by atoms with Gasteiger partial charge in [-0.25, -0.2) is 15.0 Å². The highest BCUT2D eigenvalue weighted by Gasteiger charge is 2.16. The van der Waals surface area contributed by atoms with Crippen molar-refractivity contribution >= 4 is 11.9 Å². The van der Waals surface area contributed by atoms with Crippen LogP contribution in [0.25, 0.3) is 11.3 Å². The second kappa shape index (κ2) is 8.06. The van der Waals surface area contributed by atoms with Crippen LogP contribution in [0.4, 0.5) is 5.95 Å². The first-order chi connectivity index (χ1) is 12.7. The van der Waals surface area contributed by atoms with Gasteiger partial charge < -0.3 is 15.8 Å². The van der Waals surface area contributed by atoms with Gasteiger partial charge in [-0.1, -0.05) is 36.4 Å². The van der Waals surface area contributed by atoms with E-state index in [0.717, 1.165) is 11.1 Å². The summed E-state index contributed by atoms with van der Waals surface area (Å²) in [5.41, 5.74) is 8.14. The van der Waals surface area contributed by atoms with E-state index in [0.29, 0.717) is 23.7 Å². The summed E-state index contributed by atoms with van der Waals surface area (Å²) in [5, 5.41) is 2.86. The van der Waals surface area contributed by atoms with Crippen molar-refractivity contribution < 1.29 is 9.53 Å². The number of aromatic nitrogens is 3. The Morgan fingerprint density at radius 2 is 1.96 bits per heavy atom. The molecule has 26 heavy (non-hydrogen) atoms. The van der Waals surface area contributed by atoms with E-state index in [9.17, 15) is 4.79 Å². The van der Waals surface area contributed by atoms with Crippen LogP contribution in [0.3, 0.4) is 0 Å². The van der Waals surface area contributed by atoms with Crippen LogP contribution in [0.5, 0.6) is 5.88 Å². The third kappa shape index (κ3) is 3.94. The molecule has 0 radical (unpaired) electrons. The SMILES string of the molecule is CCOc1ncccc1CNC(=O)c1cnc(N)nc1-c1ccccc1. The molecule has 0 saturated heterocycles. The van der Waals surface area contributed by atoms with Crippen LogP contribution in [-0.2, 0) is 6.54 Å². The van der Waals surface area contributed by atoms with Crippen molar-refractivity contribution in [3.8, 4) is 17.1 Å². The third-order valence-electron chi connectivity index (χ3n) is 3.67. The third-order valence-corrected chi connectivity index (χ3v) is 3.67. The van der Waals surface area contributed by atoms with Gasteiger partial charge in [0.15, 0.2) is 0 Å². The number of nitrogens with one attached hydrogen (secondary N) is 1. The fraction of sp³-hybridized carbons (Fsp3) is 0.158. The summed E-state index contributed by atoms with van der Waals surface area (Å²) in [7, 11) is 0. The number of nitrogen functional groups attached to an aromatic ring is 1. The van der Waals surface area contributed by atoms with Gasteiger partial charge in [0, 0.05) is 30.1 Å². The average molecular weight is 349 g/mol. The van der Waals surface area contributed by atoms with Gasteiger partial charge in [0.1, 0.15) is 0 Å². The molecule has 0 spiro atoms. The lowest BCUT2D eigenvalue weighted by molar-refractivity contribution is 0.0950. The number of pyridine rings is 1. The number of anilines is 1. The highest BCUT2D eigenvalue weighted by Crippen LogP contribution is 2.22. The second-order valence-corrected chi connectivity index (χ2v) is 5.44. The zero-order chi connectivity index (χ0) is 18.4. The highest BCUT2D eigenvalue weighted by atomic mass is 16.5. The number of rotatable bonds is 6. The summed E-state index contributed by atoms with van der Waals surface area (Å²) in [5.74, 6) is 0.327. The molecule has 0 bridgehead atoms. The molecule has 3 aromatic rings. The molecule has 1 aromatic carbocycles. The molecule has 7 nitrogen and oxygen atoms in total. The maximum atomic E-state index is 12.7. The number of benzene rings is 1. The minimum absolute atomic E-state index is 0.117. The first kappa shape index (κ1) is 17.3. The molecule has 0 aliphatic carbocycles. The Balaban J connectivity index is 1.83. The van der Waals surface area contributed by atoms with Gasteiger partial charge in [-0.3, -0.25) is 4.79 Å². The lowest BCUT2D eigenvalue weighted by Crippen LogP contribution is -2.24. The van der Waals surface area contributed by atoms with Gasteiger partial charge >= 0.3 is 0 Å². The average Bonchev–Trinajstić information content (AvgIpc) is 2.68. The number of nitrogens with two attached hydrogens (primary N) is 1. The van der Waals surface area contributed by atoms with Crippen molar-refractivity contribution in [1.82, 2.24) is 20.3 Å². The standard InChI is InChI=1S/C19H19N5O2/c1-2-26-18-14(9-6-10-21-18)11-22-17(25)15-12-23-19(20)24-16(15)13-7-4-3-5-8-13/h3-10,12H,2,11H2,1H3,(H,22,25)(H2,20,23,24). The Morgan fingerprint density at radius 1 is 1.15 bits per heavy atom. The summed E-state index contributed by atoms with van der Waals surface area (Å²) in [4.78, 5) is 25.1. The smallest absolute Gasteiger partial charge is 0.255 e. The van der Waals surface area contributed by atoms with E-state index in [1.165, 1.54) is 6.20 Å². The van der Waals surface area contributed by atoms with Crippen molar-refractivity contribution in [2.24, 2.45) is 0 Å². The molecule has 0 fully saturated rings. The molecule has 3 rings (SSSR count). The van der Waals surface area contributed by atoms with Gasteiger partial charge in [-0.05, 0) is 13.0 Å². The van der Waals surface area contributed by atoms with E-state index >= 15 is 0 Å². The number of ether oxygens (including phenoxy) is 1. The highest BCUT2D eigenvalue weighted by molar-refractivity contribution is 5.99. The van der Waals surface area contributed by atoms with Crippen LogP contribution in [0.15, 0.2) is 54.9 Å². The summed E-state index contributed by atoms with van der Waals surface area (Å²) in [6, 6.07) is 13.0. The van der Waals surface area contributed by atoms with E-state index in [-0.39, 0.29) is 18.4 Å². The van der Waals surface area contributed by atoms with Crippen LogP contribution in [0.2, 0.25) is 0 Å². The molecular weight excluding hydrogens is 330 g/mol. The number of carbonyl (C=O) groups excluding carboxylic acids is 1. The van der Waals surface area contributed by atoms with E-state index < -0.39 is 0 Å². The predicted molar refractivity (Wildman–Crippen MR) is 98.5 cm³/mol. The minimum atomic E-state index is -0.296. The molecule has 0 unspecified atom stereocenters. The zero-order valence-electron chi connectivity index (χ0n) is 14.3. The van der Waals surface area contributed by atoms with Crippen molar-refractivity contribution in [2.75, 3.05) is 12.3 Å². The zero-order valence-corrected chi connectivity index (χ0v) is 14.3. The molecule has 0 saturated carbocycles. The Kier molecular flexibility index (Phi) is 5.38. The molecule has 1 amide bonds. The molecular formula is C19H19N5O2. The molecule has 0 aliphatic heterocycles. The van der Waals surface area contributed by atoms with Crippen molar-refractivity contribution in [1.29, 1.82) is 0 Å². The van der Waals surface area contributed by atoms with Crippen molar-refractivity contribution in [2.45, 2.75) is 13.5 Å². The molecule has 7 heteroatoms. The van der Waals surface area contributed by atoms with Crippen LogP contribution in [-0.4, -0.2) is 27.5 Å². The van der Waals surface area contributed by atoms with E-state index in [1.54, 1.807) is 12.3 Å². The predicted octanol–water partition coefficient (Wildman–Crippen LogP) is 2.45. The Bertz CT molecular complexity index is 899. The maximum absolute atomic E-state index is 12.7. The molecule has 2 heterocycles. The topological polar surface area (TPSA) is 103 Å². The first-order valence-electron chi connectivity index (χ1n) is 8.22. The Hall–Kier alpha value is -3.48. The number of hydrogen-bond donors (Lipinski definition) is 2. The normalized spacial score (nSPS) is 10.3. The Morgan fingerprint density at radius 3 is 2.73 bits per heavy atom. The van der Waals surface area contributed by atoms with E-state index in [4.69, 9.17) is 10.5 Å². The first-order valence-corrected chi connectivity index (χ1v) is 8.22. The van der Waals surface area contributed by atoms with Gasteiger partial charge in [-0.2, -0.15) is 0 Å². The fourth-order valence-electron chi connectivity index (χ4n) is 2.47. The summed E-state index contributed by atoms with van der Waals surface area (Å²) < 4.78 is 5.48. The van der Waals surface area contributed by atoms with Gasteiger partial charge in [0.25, 0.3) is 5.91 Å². The van der Waals surface area contributed by atoms with E-state index in [2.05, 4.69) is 20.3 Å². The molecule has 132 valence electrons. The lowest BCUT2D eigenvalue weighted by atomic mass is 10.1. The van der Waals surface area contributed by atoms with Gasteiger partial charge in [0.2, 0.25) is 11.8 Å². The van der Waals surface area contributed by atoms with Crippen LogP contribution >= 0.6 is 0 Å². The van der Waals surface area contributed by atoms with Crippen LogP contribution < -0.4 is 15.8 Å². The Labute approximate surface area is 151 Å². The van der Waals surface area contributed by atoms with Crippen LogP contribution in [0.1, 0.15) is 22.8 Å². The van der Waals surface area contributed by atoms with Gasteiger partial charge in [-0.15, -0.1) is 0 Å². The molecule has 2 aromatic heterocycles. The largest absolute Gasteiger partial charge is 0.478 e. The number of carbonyl (C=O) groups is 1. The monoisotopic (exact) mass is 349 g/mol. The summed E-state index contributed by atoms with van der Waals surface area (Å²) in [6.45, 7) is 2.66. The minimum Gasteiger partial charge on any atom is -0.478 e.